The minimum Gasteiger partial charge on any atom is -0.347 e. The van der Waals surface area contributed by atoms with E-state index in [1.54, 1.807) is 11.3 Å². The SMILES string of the molecule is Cc1ccc2nc(-c3ccc(NC(=S)/C=C4/N(C)c5ccccc5C4(C)C)cc3)sc2c1. The number of likely N-dealkylation sites (N-methyl/N-ethyl adjacent to an activating group) is 1. The van der Waals surface area contributed by atoms with Gasteiger partial charge < -0.3 is 10.2 Å². The van der Waals surface area contributed by atoms with Crippen LogP contribution >= 0.6 is 23.6 Å². The molecule has 160 valence electrons. The number of fused-ring (bicyclic) bond motifs is 2. The molecule has 0 unspecified atom stereocenters. The highest BCUT2D eigenvalue weighted by atomic mass is 32.1. The summed E-state index contributed by atoms with van der Waals surface area (Å²) in [4.78, 5) is 7.73. The van der Waals surface area contributed by atoms with Crippen molar-refractivity contribution < 1.29 is 0 Å². The number of anilines is 2. The standard InChI is InChI=1S/C27H25N3S2/c1-17-9-14-21-23(15-17)32-26(29-21)18-10-12-19(13-11-18)28-25(31)16-24-27(2,3)20-7-5-6-8-22(20)30(24)4/h5-16H,1-4H3,(H,28,31)/b24-16+. The molecule has 5 rings (SSSR count). The molecular formula is C27H25N3S2. The van der Waals surface area contributed by atoms with Crippen molar-refractivity contribution in [3.63, 3.8) is 0 Å². The lowest BCUT2D eigenvalue weighted by molar-refractivity contribution is 0.641. The van der Waals surface area contributed by atoms with Crippen LogP contribution in [0.3, 0.4) is 0 Å². The zero-order valence-electron chi connectivity index (χ0n) is 18.6. The molecule has 0 radical (unpaired) electrons. The first-order valence-corrected chi connectivity index (χ1v) is 11.9. The van der Waals surface area contributed by atoms with Crippen LogP contribution in [0.5, 0.6) is 0 Å². The number of rotatable bonds is 3. The smallest absolute Gasteiger partial charge is 0.124 e. The number of nitrogens with zero attached hydrogens (tertiary/aromatic N) is 2. The lowest BCUT2D eigenvalue weighted by Crippen LogP contribution is -2.24. The normalized spacial score (nSPS) is 15.9. The number of aryl methyl sites for hydroxylation is 1. The Hall–Kier alpha value is -3.02. The van der Waals surface area contributed by atoms with E-state index >= 15 is 0 Å². The van der Waals surface area contributed by atoms with Gasteiger partial charge in [-0.05, 0) is 66.6 Å². The van der Waals surface area contributed by atoms with E-state index in [0.717, 1.165) is 21.8 Å². The van der Waals surface area contributed by atoms with Crippen molar-refractivity contribution in [3.8, 4) is 10.6 Å². The molecule has 1 aliphatic heterocycles. The van der Waals surface area contributed by atoms with Crippen LogP contribution in [0.1, 0.15) is 25.0 Å². The van der Waals surface area contributed by atoms with Crippen LogP contribution in [-0.4, -0.2) is 17.0 Å². The van der Waals surface area contributed by atoms with Gasteiger partial charge in [-0.2, -0.15) is 0 Å². The number of para-hydroxylation sites is 1. The molecule has 0 fully saturated rings. The van der Waals surface area contributed by atoms with Crippen LogP contribution in [0.15, 0.2) is 78.5 Å². The number of nitrogens with one attached hydrogen (secondary N) is 1. The lowest BCUT2D eigenvalue weighted by Gasteiger charge is -2.24. The third kappa shape index (κ3) is 3.61. The zero-order chi connectivity index (χ0) is 22.5. The Morgan fingerprint density at radius 3 is 2.56 bits per heavy atom. The van der Waals surface area contributed by atoms with E-state index in [0.29, 0.717) is 4.99 Å². The fraction of sp³-hybridized carbons (Fsp3) is 0.185. The average molecular weight is 456 g/mol. The fourth-order valence-corrected chi connectivity index (χ4v) is 5.71. The summed E-state index contributed by atoms with van der Waals surface area (Å²) >= 11 is 7.42. The van der Waals surface area contributed by atoms with Crippen LogP contribution in [0.4, 0.5) is 11.4 Å². The Morgan fingerprint density at radius 2 is 1.81 bits per heavy atom. The topological polar surface area (TPSA) is 28.2 Å². The Kier molecular flexibility index (Phi) is 5.11. The Morgan fingerprint density at radius 1 is 1.06 bits per heavy atom. The zero-order valence-corrected chi connectivity index (χ0v) is 20.3. The van der Waals surface area contributed by atoms with Gasteiger partial charge in [0.05, 0.1) is 10.2 Å². The van der Waals surface area contributed by atoms with Gasteiger partial charge in [-0.3, -0.25) is 0 Å². The van der Waals surface area contributed by atoms with Gasteiger partial charge in [0.2, 0.25) is 0 Å². The number of benzene rings is 3. The second kappa shape index (κ2) is 7.84. The van der Waals surface area contributed by atoms with Crippen LogP contribution in [0.2, 0.25) is 0 Å². The van der Waals surface area contributed by atoms with E-state index in [-0.39, 0.29) is 5.41 Å². The number of aromatic nitrogens is 1. The number of thiazole rings is 1. The lowest BCUT2D eigenvalue weighted by atomic mass is 9.84. The molecule has 3 aromatic carbocycles. The largest absolute Gasteiger partial charge is 0.347 e. The first-order chi connectivity index (χ1) is 15.3. The first kappa shape index (κ1) is 20.9. The minimum atomic E-state index is -0.0911. The van der Waals surface area contributed by atoms with E-state index in [1.807, 2.05) is 0 Å². The third-order valence-corrected chi connectivity index (χ3v) is 7.44. The molecular weight excluding hydrogens is 430 g/mol. The van der Waals surface area contributed by atoms with Crippen LogP contribution < -0.4 is 10.2 Å². The van der Waals surface area contributed by atoms with Crippen LogP contribution in [0, 0.1) is 6.92 Å². The molecule has 1 aromatic heterocycles. The summed E-state index contributed by atoms with van der Waals surface area (Å²) in [5.74, 6) is 0. The highest BCUT2D eigenvalue weighted by Crippen LogP contribution is 2.46. The van der Waals surface area contributed by atoms with Gasteiger partial charge in [0.1, 0.15) is 10.00 Å². The third-order valence-electron chi connectivity index (χ3n) is 6.15. The van der Waals surface area contributed by atoms with Crippen molar-refractivity contribution >= 4 is 50.1 Å². The molecule has 0 spiro atoms. The monoisotopic (exact) mass is 455 g/mol. The van der Waals surface area contributed by atoms with Crippen molar-refractivity contribution in [2.24, 2.45) is 0 Å². The Bertz CT molecular complexity index is 1360. The molecule has 32 heavy (non-hydrogen) atoms. The van der Waals surface area contributed by atoms with Gasteiger partial charge in [0.15, 0.2) is 0 Å². The number of allylic oxidation sites excluding steroid dienone is 1. The van der Waals surface area contributed by atoms with Gasteiger partial charge in [-0.1, -0.05) is 50.3 Å². The molecule has 5 heteroatoms. The molecule has 0 bridgehead atoms. The molecule has 2 heterocycles. The summed E-state index contributed by atoms with van der Waals surface area (Å²) in [7, 11) is 2.11. The van der Waals surface area contributed by atoms with E-state index in [9.17, 15) is 0 Å². The molecule has 0 atom stereocenters. The van der Waals surface area contributed by atoms with Crippen molar-refractivity contribution in [2.45, 2.75) is 26.2 Å². The second-order valence-electron chi connectivity index (χ2n) is 8.79. The van der Waals surface area contributed by atoms with Crippen molar-refractivity contribution in [1.82, 2.24) is 4.98 Å². The van der Waals surface area contributed by atoms with Gasteiger partial charge in [0, 0.05) is 35.1 Å². The molecule has 0 saturated carbocycles. The van der Waals surface area contributed by atoms with E-state index < -0.39 is 0 Å². The molecule has 3 nitrogen and oxygen atoms in total. The summed E-state index contributed by atoms with van der Waals surface area (Å²) in [6.07, 6.45) is 2.08. The van der Waals surface area contributed by atoms with Crippen molar-refractivity contribution in [3.05, 3.63) is 89.6 Å². The van der Waals surface area contributed by atoms with Crippen molar-refractivity contribution in [1.29, 1.82) is 0 Å². The maximum absolute atomic E-state index is 5.70. The predicted molar refractivity (Wildman–Crippen MR) is 142 cm³/mol. The Balaban J connectivity index is 1.35. The van der Waals surface area contributed by atoms with Crippen LogP contribution in [-0.2, 0) is 5.41 Å². The average Bonchev–Trinajstić information content (AvgIpc) is 3.27. The first-order valence-electron chi connectivity index (χ1n) is 10.7. The number of thiocarbonyl (C=S) groups is 1. The van der Waals surface area contributed by atoms with Gasteiger partial charge in [0.25, 0.3) is 0 Å². The Labute approximate surface area is 198 Å². The van der Waals surface area contributed by atoms with Crippen molar-refractivity contribution in [2.75, 3.05) is 17.3 Å². The maximum Gasteiger partial charge on any atom is 0.124 e. The number of hydrogen-bond acceptors (Lipinski definition) is 4. The maximum atomic E-state index is 5.70. The van der Waals surface area contributed by atoms with E-state index in [4.69, 9.17) is 17.2 Å². The number of hydrogen-bond donors (Lipinski definition) is 1. The highest BCUT2D eigenvalue weighted by Gasteiger charge is 2.38. The quantitative estimate of drug-likeness (QED) is 0.259. The summed E-state index contributed by atoms with van der Waals surface area (Å²) < 4.78 is 1.22. The molecule has 1 N–H and O–H groups in total. The molecule has 0 aliphatic carbocycles. The van der Waals surface area contributed by atoms with E-state index in [2.05, 4.69) is 111 Å². The van der Waals surface area contributed by atoms with E-state index in [1.165, 1.54) is 27.2 Å². The van der Waals surface area contributed by atoms with Gasteiger partial charge in [-0.15, -0.1) is 11.3 Å². The van der Waals surface area contributed by atoms with Crippen LogP contribution in [0.25, 0.3) is 20.8 Å². The second-order valence-corrected chi connectivity index (χ2v) is 10.3. The van der Waals surface area contributed by atoms with Gasteiger partial charge >= 0.3 is 0 Å². The highest BCUT2D eigenvalue weighted by molar-refractivity contribution is 7.81. The molecule has 0 amide bonds. The molecule has 0 saturated heterocycles. The summed E-state index contributed by atoms with van der Waals surface area (Å²) in [6.45, 7) is 6.61. The summed E-state index contributed by atoms with van der Waals surface area (Å²) in [5, 5.41) is 4.41. The molecule has 1 aliphatic rings. The fourth-order valence-electron chi connectivity index (χ4n) is 4.41. The van der Waals surface area contributed by atoms with Gasteiger partial charge in [-0.25, -0.2) is 4.98 Å². The predicted octanol–water partition coefficient (Wildman–Crippen LogP) is 7.32. The molecule has 4 aromatic rings. The summed E-state index contributed by atoms with van der Waals surface area (Å²) in [5.41, 5.74) is 8.07. The minimum absolute atomic E-state index is 0.0911. The summed E-state index contributed by atoms with van der Waals surface area (Å²) in [6, 6.07) is 23.3.